The standard InChI is InChI=1S/C20H22O6/c1-13(2)17(21)9-11-25-19(23)15-7-5-6-8-16(15)20(24)26-12-10-18(22)14(3)4/h5-8H,1,3,9-12H2,2,4H3. The minimum atomic E-state index is -0.731. The summed E-state index contributed by atoms with van der Waals surface area (Å²) in [6.45, 7) is 9.97. The van der Waals surface area contributed by atoms with E-state index in [1.165, 1.54) is 12.1 Å². The van der Waals surface area contributed by atoms with Gasteiger partial charge in [-0.2, -0.15) is 0 Å². The van der Waals surface area contributed by atoms with E-state index in [9.17, 15) is 19.2 Å². The molecule has 0 aliphatic carbocycles. The second-order valence-electron chi connectivity index (χ2n) is 5.72. The van der Waals surface area contributed by atoms with E-state index in [4.69, 9.17) is 9.47 Å². The molecule has 6 nitrogen and oxygen atoms in total. The van der Waals surface area contributed by atoms with Gasteiger partial charge in [-0.05, 0) is 37.1 Å². The number of allylic oxidation sites excluding steroid dienone is 2. The molecule has 0 bridgehead atoms. The Kier molecular flexibility index (Phi) is 8.15. The van der Waals surface area contributed by atoms with Gasteiger partial charge in [-0.25, -0.2) is 9.59 Å². The molecule has 0 aliphatic heterocycles. The molecule has 1 aromatic carbocycles. The molecule has 0 spiro atoms. The average molecular weight is 358 g/mol. The fraction of sp³-hybridized carbons (Fsp3) is 0.300. The Labute approximate surface area is 152 Å². The minimum absolute atomic E-state index is 0.0245. The van der Waals surface area contributed by atoms with Crippen LogP contribution in [0.4, 0.5) is 0 Å². The van der Waals surface area contributed by atoms with Crippen molar-refractivity contribution in [1.29, 1.82) is 0 Å². The predicted octanol–water partition coefficient (Wildman–Crippen LogP) is 3.07. The summed E-state index contributed by atoms with van der Waals surface area (Å²) in [6.07, 6.45) is 0.0490. The van der Waals surface area contributed by atoms with Gasteiger partial charge in [-0.3, -0.25) is 9.59 Å². The highest BCUT2D eigenvalue weighted by atomic mass is 16.5. The third-order valence-corrected chi connectivity index (χ3v) is 3.44. The van der Waals surface area contributed by atoms with Gasteiger partial charge < -0.3 is 9.47 Å². The largest absolute Gasteiger partial charge is 0.462 e. The Hall–Kier alpha value is -3.02. The third-order valence-electron chi connectivity index (χ3n) is 3.44. The summed E-state index contributed by atoms with van der Waals surface area (Å²) >= 11 is 0. The van der Waals surface area contributed by atoms with Gasteiger partial charge in [-0.15, -0.1) is 0 Å². The van der Waals surface area contributed by atoms with Crippen molar-refractivity contribution in [2.24, 2.45) is 0 Å². The number of esters is 2. The maximum absolute atomic E-state index is 12.2. The Morgan fingerprint density at radius 1 is 0.769 bits per heavy atom. The number of hydrogen-bond donors (Lipinski definition) is 0. The van der Waals surface area contributed by atoms with E-state index in [2.05, 4.69) is 13.2 Å². The maximum atomic E-state index is 12.2. The first-order chi connectivity index (χ1) is 12.2. The van der Waals surface area contributed by atoms with Gasteiger partial charge >= 0.3 is 11.9 Å². The number of benzene rings is 1. The number of hydrogen-bond acceptors (Lipinski definition) is 6. The highest BCUT2D eigenvalue weighted by Crippen LogP contribution is 2.13. The second-order valence-corrected chi connectivity index (χ2v) is 5.72. The van der Waals surface area contributed by atoms with Crippen LogP contribution in [0.25, 0.3) is 0 Å². The lowest BCUT2D eigenvalue weighted by Gasteiger charge is -2.09. The van der Waals surface area contributed by atoms with Crippen molar-refractivity contribution >= 4 is 23.5 Å². The molecule has 0 amide bonds. The summed E-state index contributed by atoms with van der Waals surface area (Å²) in [5.41, 5.74) is 0.835. The smallest absolute Gasteiger partial charge is 0.339 e. The van der Waals surface area contributed by atoms with E-state index in [0.717, 1.165) is 0 Å². The summed E-state index contributed by atoms with van der Waals surface area (Å²) in [7, 11) is 0. The Morgan fingerprint density at radius 3 is 1.42 bits per heavy atom. The van der Waals surface area contributed by atoms with Gasteiger partial charge in [0.05, 0.1) is 24.3 Å². The summed E-state index contributed by atoms with van der Waals surface area (Å²) < 4.78 is 10.1. The molecule has 0 aliphatic rings. The number of carbonyl (C=O) groups excluding carboxylic acids is 4. The first kappa shape index (κ1) is 21.0. The van der Waals surface area contributed by atoms with Crippen LogP contribution in [0.5, 0.6) is 0 Å². The molecule has 0 saturated heterocycles. The zero-order chi connectivity index (χ0) is 19.7. The van der Waals surface area contributed by atoms with E-state index in [1.807, 2.05) is 0 Å². The zero-order valence-corrected chi connectivity index (χ0v) is 15.0. The molecular weight excluding hydrogens is 336 g/mol. The fourth-order valence-electron chi connectivity index (χ4n) is 1.89. The molecule has 0 radical (unpaired) electrons. The number of ether oxygens (including phenoxy) is 2. The van der Waals surface area contributed by atoms with Crippen molar-refractivity contribution in [3.05, 3.63) is 59.7 Å². The molecule has 0 heterocycles. The third kappa shape index (κ3) is 6.47. The fourth-order valence-corrected chi connectivity index (χ4v) is 1.89. The van der Waals surface area contributed by atoms with Crippen LogP contribution in [-0.4, -0.2) is 36.7 Å². The van der Waals surface area contributed by atoms with Gasteiger partial charge in [0, 0.05) is 12.8 Å². The zero-order valence-electron chi connectivity index (χ0n) is 15.0. The number of rotatable bonds is 10. The normalized spacial score (nSPS) is 9.92. The molecule has 0 aromatic heterocycles. The van der Waals surface area contributed by atoms with Crippen LogP contribution in [0.2, 0.25) is 0 Å². The number of Topliss-reactive ketones (excluding diaryl/α,β-unsaturated/α-hetero) is 2. The van der Waals surface area contributed by atoms with E-state index < -0.39 is 11.9 Å². The van der Waals surface area contributed by atoms with Crippen molar-refractivity contribution in [3.8, 4) is 0 Å². The van der Waals surface area contributed by atoms with Crippen LogP contribution in [0, 0.1) is 0 Å². The summed E-state index contributed by atoms with van der Waals surface area (Å²) in [6, 6.07) is 6.02. The highest BCUT2D eigenvalue weighted by Gasteiger charge is 2.19. The van der Waals surface area contributed by atoms with Crippen molar-refractivity contribution in [1.82, 2.24) is 0 Å². The van der Waals surface area contributed by atoms with Crippen molar-refractivity contribution in [2.75, 3.05) is 13.2 Å². The SMILES string of the molecule is C=C(C)C(=O)CCOC(=O)c1ccccc1C(=O)OCCC(=O)C(=C)C. The summed E-state index contributed by atoms with van der Waals surface area (Å²) in [5.74, 6) is -1.87. The average Bonchev–Trinajstić information content (AvgIpc) is 2.60. The Bertz CT molecular complexity index is 681. The van der Waals surface area contributed by atoms with Gasteiger partial charge in [0.2, 0.25) is 0 Å². The van der Waals surface area contributed by atoms with Crippen LogP contribution < -0.4 is 0 Å². The van der Waals surface area contributed by atoms with Crippen LogP contribution in [0.1, 0.15) is 47.4 Å². The second kappa shape index (κ2) is 10.1. The molecule has 0 saturated carbocycles. The predicted molar refractivity (Wildman–Crippen MR) is 95.9 cm³/mol. The van der Waals surface area contributed by atoms with Crippen LogP contribution in [0.15, 0.2) is 48.6 Å². The lowest BCUT2D eigenvalue weighted by atomic mass is 10.1. The molecule has 1 aromatic rings. The van der Waals surface area contributed by atoms with Gasteiger partial charge in [-0.1, -0.05) is 25.3 Å². The molecule has 0 unspecified atom stereocenters. The molecule has 1 rings (SSSR count). The van der Waals surface area contributed by atoms with E-state index >= 15 is 0 Å². The lowest BCUT2D eigenvalue weighted by Crippen LogP contribution is -2.16. The molecule has 6 heteroatoms. The Balaban J connectivity index is 2.68. The molecular formula is C20H22O6. The van der Waals surface area contributed by atoms with Gasteiger partial charge in [0.25, 0.3) is 0 Å². The van der Waals surface area contributed by atoms with E-state index in [-0.39, 0.29) is 48.7 Å². The number of carbonyl (C=O) groups is 4. The Morgan fingerprint density at radius 2 is 1.12 bits per heavy atom. The van der Waals surface area contributed by atoms with E-state index in [0.29, 0.717) is 11.1 Å². The highest BCUT2D eigenvalue weighted by molar-refractivity contribution is 6.03. The van der Waals surface area contributed by atoms with Crippen LogP contribution in [0.3, 0.4) is 0 Å². The van der Waals surface area contributed by atoms with Crippen molar-refractivity contribution < 1.29 is 28.7 Å². The monoisotopic (exact) mass is 358 g/mol. The van der Waals surface area contributed by atoms with Crippen molar-refractivity contribution in [3.63, 3.8) is 0 Å². The van der Waals surface area contributed by atoms with Crippen molar-refractivity contribution in [2.45, 2.75) is 26.7 Å². The number of ketones is 2. The molecule has 0 atom stereocenters. The topological polar surface area (TPSA) is 86.7 Å². The molecule has 138 valence electrons. The molecule has 0 fully saturated rings. The minimum Gasteiger partial charge on any atom is -0.462 e. The van der Waals surface area contributed by atoms with E-state index in [1.54, 1.807) is 26.0 Å². The summed E-state index contributed by atoms with van der Waals surface area (Å²) in [4.78, 5) is 47.2. The quantitative estimate of drug-likeness (QED) is 0.472. The molecule has 0 N–H and O–H groups in total. The lowest BCUT2D eigenvalue weighted by molar-refractivity contribution is -0.117. The van der Waals surface area contributed by atoms with Crippen LogP contribution >= 0.6 is 0 Å². The first-order valence-corrected chi connectivity index (χ1v) is 8.04. The molecule has 26 heavy (non-hydrogen) atoms. The first-order valence-electron chi connectivity index (χ1n) is 8.04. The van der Waals surface area contributed by atoms with Gasteiger partial charge in [0.1, 0.15) is 0 Å². The maximum Gasteiger partial charge on any atom is 0.339 e. The summed E-state index contributed by atoms with van der Waals surface area (Å²) in [5, 5.41) is 0. The van der Waals surface area contributed by atoms with Crippen LogP contribution in [-0.2, 0) is 19.1 Å². The van der Waals surface area contributed by atoms with Gasteiger partial charge in [0.15, 0.2) is 11.6 Å².